The number of hydrogen-bond acceptors (Lipinski definition) is 6. The lowest BCUT2D eigenvalue weighted by Crippen LogP contribution is -2.25. The molecule has 2 aromatic rings. The molecule has 0 spiro atoms. The van der Waals surface area contributed by atoms with E-state index in [9.17, 15) is 14.9 Å². The van der Waals surface area contributed by atoms with E-state index in [0.29, 0.717) is 11.1 Å². The summed E-state index contributed by atoms with van der Waals surface area (Å²) < 4.78 is 5.73. The van der Waals surface area contributed by atoms with E-state index in [1.165, 1.54) is 25.1 Å². The van der Waals surface area contributed by atoms with E-state index >= 15 is 0 Å². The summed E-state index contributed by atoms with van der Waals surface area (Å²) >= 11 is 0. The topological polar surface area (TPSA) is 97.9 Å². The largest absolute Gasteiger partial charge is 0.446 e. The predicted molar refractivity (Wildman–Crippen MR) is 80.2 cm³/mol. The van der Waals surface area contributed by atoms with Crippen molar-refractivity contribution in [3.05, 3.63) is 70.0 Å². The maximum absolute atomic E-state index is 11.8. The summed E-state index contributed by atoms with van der Waals surface area (Å²) in [7, 11) is 0. The first-order valence-corrected chi connectivity index (χ1v) is 6.76. The number of nitro benzene ring substituents is 1. The maximum Gasteiger partial charge on any atom is 0.269 e. The number of hydrogen-bond donors (Lipinski definition) is 0. The molecule has 1 aliphatic rings. The van der Waals surface area contributed by atoms with Crippen LogP contribution in [-0.4, -0.2) is 26.7 Å². The first-order valence-electron chi connectivity index (χ1n) is 6.76. The minimum absolute atomic E-state index is 0.0792. The van der Waals surface area contributed by atoms with E-state index < -0.39 is 11.2 Å². The maximum atomic E-state index is 11.8. The van der Waals surface area contributed by atoms with Crippen molar-refractivity contribution in [2.45, 2.75) is 13.2 Å². The molecule has 2 heterocycles. The molecule has 0 radical (unpaired) electrons. The number of amides is 1. The molecule has 0 saturated carbocycles. The van der Waals surface area contributed by atoms with Crippen LogP contribution in [0.5, 0.6) is 0 Å². The molecule has 0 aliphatic carbocycles. The quantitative estimate of drug-likeness (QED) is 0.639. The number of pyridine rings is 1. The van der Waals surface area contributed by atoms with Crippen LogP contribution in [0, 0.1) is 10.1 Å². The SMILES string of the molecule is CC(=O)N1N=C(c2cccnc2)O[C@H]1c1cccc([N+](=O)[O-])c1. The molecule has 1 aromatic carbocycles. The summed E-state index contributed by atoms with van der Waals surface area (Å²) in [6.45, 7) is 1.35. The fraction of sp³-hybridized carbons (Fsp3) is 0.133. The van der Waals surface area contributed by atoms with Gasteiger partial charge in [0.1, 0.15) is 0 Å². The summed E-state index contributed by atoms with van der Waals surface area (Å²) in [5.74, 6) is -0.0924. The van der Waals surface area contributed by atoms with Gasteiger partial charge in [0.05, 0.1) is 10.5 Å². The fourth-order valence-electron chi connectivity index (χ4n) is 2.18. The first kappa shape index (κ1) is 14.6. The van der Waals surface area contributed by atoms with E-state index in [2.05, 4.69) is 10.1 Å². The van der Waals surface area contributed by atoms with E-state index in [1.54, 1.807) is 30.6 Å². The molecule has 8 heteroatoms. The van der Waals surface area contributed by atoms with Gasteiger partial charge in [-0.25, -0.2) is 0 Å². The van der Waals surface area contributed by atoms with Gasteiger partial charge in [0.2, 0.25) is 18.0 Å². The molecular weight excluding hydrogens is 300 g/mol. The van der Waals surface area contributed by atoms with Gasteiger partial charge in [-0.05, 0) is 12.1 Å². The van der Waals surface area contributed by atoms with Crippen molar-refractivity contribution in [3.63, 3.8) is 0 Å². The molecule has 1 amide bonds. The Labute approximate surface area is 131 Å². The Hall–Kier alpha value is -3.29. The lowest BCUT2D eigenvalue weighted by Gasteiger charge is -2.19. The molecule has 1 aliphatic heterocycles. The van der Waals surface area contributed by atoms with Crippen molar-refractivity contribution in [2.24, 2.45) is 5.10 Å². The molecule has 0 saturated heterocycles. The highest BCUT2D eigenvalue weighted by molar-refractivity contribution is 5.96. The Morgan fingerprint density at radius 2 is 2.17 bits per heavy atom. The molecule has 0 bridgehead atoms. The van der Waals surface area contributed by atoms with E-state index in [0.717, 1.165) is 5.01 Å². The van der Waals surface area contributed by atoms with Gasteiger partial charge < -0.3 is 4.74 Å². The third-order valence-electron chi connectivity index (χ3n) is 3.24. The zero-order valence-corrected chi connectivity index (χ0v) is 12.1. The molecule has 3 rings (SSSR count). The lowest BCUT2D eigenvalue weighted by atomic mass is 10.1. The average molecular weight is 312 g/mol. The molecule has 0 unspecified atom stereocenters. The van der Waals surface area contributed by atoms with Crippen molar-refractivity contribution < 1.29 is 14.5 Å². The van der Waals surface area contributed by atoms with Gasteiger partial charge >= 0.3 is 0 Å². The second-order valence-electron chi connectivity index (χ2n) is 4.83. The number of nitrogens with zero attached hydrogens (tertiary/aromatic N) is 4. The number of benzene rings is 1. The second-order valence-corrected chi connectivity index (χ2v) is 4.83. The molecule has 0 fully saturated rings. The molecule has 1 aromatic heterocycles. The van der Waals surface area contributed by atoms with Gasteiger partial charge in [-0.15, -0.1) is 5.10 Å². The zero-order valence-electron chi connectivity index (χ0n) is 12.1. The number of hydrazone groups is 1. The van der Waals surface area contributed by atoms with Crippen LogP contribution in [0.1, 0.15) is 24.3 Å². The normalized spacial score (nSPS) is 16.7. The minimum Gasteiger partial charge on any atom is -0.446 e. The highest BCUT2D eigenvalue weighted by atomic mass is 16.6. The van der Waals surface area contributed by atoms with Crippen LogP contribution in [0.4, 0.5) is 5.69 Å². The monoisotopic (exact) mass is 312 g/mol. The van der Waals surface area contributed by atoms with Crippen molar-refractivity contribution in [1.82, 2.24) is 9.99 Å². The van der Waals surface area contributed by atoms with Crippen LogP contribution >= 0.6 is 0 Å². The van der Waals surface area contributed by atoms with Crippen LogP contribution in [-0.2, 0) is 9.53 Å². The molecule has 1 atom stereocenters. The Morgan fingerprint density at radius 1 is 1.35 bits per heavy atom. The molecule has 23 heavy (non-hydrogen) atoms. The van der Waals surface area contributed by atoms with Crippen LogP contribution < -0.4 is 0 Å². The Bertz CT molecular complexity index is 791. The molecule has 8 nitrogen and oxygen atoms in total. The summed E-state index contributed by atoms with van der Waals surface area (Å²) in [4.78, 5) is 26.2. The number of carbonyl (C=O) groups excluding carboxylic acids is 1. The number of rotatable bonds is 3. The van der Waals surface area contributed by atoms with Gasteiger partial charge in [0.25, 0.3) is 5.69 Å². The predicted octanol–water partition coefficient (Wildman–Crippen LogP) is 2.23. The van der Waals surface area contributed by atoms with E-state index in [-0.39, 0.29) is 17.5 Å². The molecule has 0 N–H and O–H groups in total. The Balaban J connectivity index is 1.96. The third kappa shape index (κ3) is 2.86. The van der Waals surface area contributed by atoms with Gasteiger partial charge in [0, 0.05) is 37.0 Å². The summed E-state index contributed by atoms with van der Waals surface area (Å²) in [5.41, 5.74) is 1.01. The van der Waals surface area contributed by atoms with Crippen molar-refractivity contribution in [1.29, 1.82) is 0 Å². The van der Waals surface area contributed by atoms with Crippen LogP contribution in [0.25, 0.3) is 0 Å². The lowest BCUT2D eigenvalue weighted by molar-refractivity contribution is -0.385. The van der Waals surface area contributed by atoms with Gasteiger partial charge in [0.15, 0.2) is 0 Å². The van der Waals surface area contributed by atoms with Gasteiger partial charge in [-0.2, -0.15) is 5.01 Å². The van der Waals surface area contributed by atoms with Crippen molar-refractivity contribution in [2.75, 3.05) is 0 Å². The number of non-ortho nitro benzene ring substituents is 1. The Morgan fingerprint density at radius 3 is 2.83 bits per heavy atom. The highest BCUT2D eigenvalue weighted by Gasteiger charge is 2.33. The molecular formula is C15H12N4O4. The van der Waals surface area contributed by atoms with Crippen LogP contribution in [0.2, 0.25) is 0 Å². The standard InChI is InChI=1S/C15H12N4O4/c1-10(20)18-15(11-4-2-6-13(8-11)19(21)22)23-14(17-18)12-5-3-7-16-9-12/h2-9,15H,1H3/t15-/m0/s1. The number of ether oxygens (including phenoxy) is 1. The van der Waals surface area contributed by atoms with Crippen molar-refractivity contribution >= 4 is 17.5 Å². The first-order chi connectivity index (χ1) is 11.1. The fourth-order valence-corrected chi connectivity index (χ4v) is 2.18. The minimum atomic E-state index is -0.845. The zero-order chi connectivity index (χ0) is 16.4. The number of carbonyl (C=O) groups is 1. The van der Waals surface area contributed by atoms with Gasteiger partial charge in [-0.3, -0.25) is 19.9 Å². The van der Waals surface area contributed by atoms with E-state index in [4.69, 9.17) is 4.74 Å². The summed E-state index contributed by atoms with van der Waals surface area (Å²) in [5, 5.41) is 16.2. The number of aromatic nitrogens is 1. The smallest absolute Gasteiger partial charge is 0.269 e. The van der Waals surface area contributed by atoms with Crippen molar-refractivity contribution in [3.8, 4) is 0 Å². The molecule has 116 valence electrons. The van der Waals surface area contributed by atoms with Crippen LogP contribution in [0.3, 0.4) is 0 Å². The van der Waals surface area contributed by atoms with Crippen LogP contribution in [0.15, 0.2) is 53.9 Å². The summed E-state index contributed by atoms with van der Waals surface area (Å²) in [6, 6.07) is 9.40. The highest BCUT2D eigenvalue weighted by Crippen LogP contribution is 2.31. The van der Waals surface area contributed by atoms with E-state index in [1.807, 2.05) is 0 Å². The second kappa shape index (κ2) is 5.84. The summed E-state index contributed by atoms with van der Waals surface area (Å²) in [6.07, 6.45) is 2.33. The van der Waals surface area contributed by atoms with Gasteiger partial charge in [-0.1, -0.05) is 12.1 Å². The Kier molecular flexibility index (Phi) is 3.71. The third-order valence-corrected chi connectivity index (χ3v) is 3.24. The number of nitro groups is 1. The average Bonchev–Trinajstić information content (AvgIpc) is 3.01.